The van der Waals surface area contributed by atoms with Crippen LogP contribution in [-0.2, 0) is 9.30 Å². The molecule has 0 saturated carbocycles. The van der Waals surface area contributed by atoms with Gasteiger partial charge in [0.25, 0.3) is 0 Å². The SMILES string of the molecule is NCCNP1(=O)C=C(c2ccccc2)OC(c2ccccc2)=C1. The molecule has 1 heterocycles. The van der Waals surface area contributed by atoms with Gasteiger partial charge in [0.05, 0.1) is 0 Å². The maximum absolute atomic E-state index is 13.2. The van der Waals surface area contributed by atoms with E-state index in [4.69, 9.17) is 10.5 Å². The van der Waals surface area contributed by atoms with Crippen LogP contribution in [0.2, 0.25) is 0 Å². The van der Waals surface area contributed by atoms with Crippen LogP contribution in [0, 0.1) is 0 Å². The fourth-order valence-electron chi connectivity index (χ4n) is 2.36. The fraction of sp³-hybridized carbons (Fsp3) is 0.111. The summed E-state index contributed by atoms with van der Waals surface area (Å²) in [6.45, 7) is 0.905. The molecule has 3 rings (SSSR count). The van der Waals surface area contributed by atoms with Crippen LogP contribution in [0.1, 0.15) is 11.1 Å². The number of hydrogen-bond acceptors (Lipinski definition) is 3. The zero-order chi connectivity index (χ0) is 16.1. The van der Waals surface area contributed by atoms with E-state index in [0.29, 0.717) is 24.6 Å². The third-order valence-corrected chi connectivity index (χ3v) is 5.41. The highest BCUT2D eigenvalue weighted by Crippen LogP contribution is 2.53. The van der Waals surface area contributed by atoms with Crippen LogP contribution in [0.15, 0.2) is 72.3 Å². The minimum Gasteiger partial charge on any atom is -0.456 e. The molecule has 4 nitrogen and oxygen atoms in total. The smallest absolute Gasteiger partial charge is 0.198 e. The van der Waals surface area contributed by atoms with E-state index in [1.165, 1.54) is 0 Å². The Balaban J connectivity index is 2.01. The third kappa shape index (κ3) is 3.80. The fourth-order valence-corrected chi connectivity index (χ4v) is 4.20. The first kappa shape index (κ1) is 15.8. The molecule has 2 aromatic rings. The molecule has 0 saturated heterocycles. The molecule has 0 bridgehead atoms. The van der Waals surface area contributed by atoms with E-state index < -0.39 is 7.29 Å². The van der Waals surface area contributed by atoms with Gasteiger partial charge in [0.2, 0.25) is 0 Å². The normalized spacial score (nSPS) is 16.2. The van der Waals surface area contributed by atoms with Crippen LogP contribution in [0.4, 0.5) is 0 Å². The Bertz CT molecular complexity index is 711. The third-order valence-electron chi connectivity index (χ3n) is 3.46. The molecule has 23 heavy (non-hydrogen) atoms. The number of nitrogens with two attached hydrogens (primary N) is 1. The van der Waals surface area contributed by atoms with Crippen LogP contribution >= 0.6 is 7.29 Å². The van der Waals surface area contributed by atoms with Gasteiger partial charge < -0.3 is 10.5 Å². The van der Waals surface area contributed by atoms with E-state index in [0.717, 1.165) is 11.1 Å². The summed E-state index contributed by atoms with van der Waals surface area (Å²) in [6.07, 6.45) is 0. The van der Waals surface area contributed by atoms with Crippen molar-refractivity contribution in [3.05, 3.63) is 83.4 Å². The van der Waals surface area contributed by atoms with Crippen molar-refractivity contribution in [3.8, 4) is 0 Å². The van der Waals surface area contributed by atoms with E-state index in [2.05, 4.69) is 5.09 Å². The zero-order valence-electron chi connectivity index (χ0n) is 12.7. The molecule has 0 unspecified atom stereocenters. The molecule has 1 aliphatic heterocycles. The van der Waals surface area contributed by atoms with E-state index in [9.17, 15) is 4.57 Å². The minimum atomic E-state index is -2.85. The molecule has 1 aliphatic rings. The summed E-state index contributed by atoms with van der Waals surface area (Å²) in [4.78, 5) is 0. The van der Waals surface area contributed by atoms with Crippen LogP contribution in [0.3, 0.4) is 0 Å². The summed E-state index contributed by atoms with van der Waals surface area (Å²) in [5.41, 5.74) is 7.32. The highest BCUT2D eigenvalue weighted by Gasteiger charge is 2.26. The highest BCUT2D eigenvalue weighted by molar-refractivity contribution is 7.68. The van der Waals surface area contributed by atoms with Crippen molar-refractivity contribution in [3.63, 3.8) is 0 Å². The number of ether oxygens (including phenoxy) is 1. The van der Waals surface area contributed by atoms with Gasteiger partial charge >= 0.3 is 0 Å². The lowest BCUT2D eigenvalue weighted by molar-refractivity contribution is 0.468. The largest absolute Gasteiger partial charge is 0.456 e. The van der Waals surface area contributed by atoms with E-state index in [1.807, 2.05) is 60.7 Å². The molecule has 0 aliphatic carbocycles. The van der Waals surface area contributed by atoms with Gasteiger partial charge in [0.1, 0.15) is 11.5 Å². The molecule has 0 fully saturated rings. The van der Waals surface area contributed by atoms with Crippen molar-refractivity contribution < 1.29 is 9.30 Å². The van der Waals surface area contributed by atoms with Crippen molar-refractivity contribution in [2.75, 3.05) is 13.1 Å². The first-order valence-electron chi connectivity index (χ1n) is 7.49. The number of benzene rings is 2. The molecule has 0 radical (unpaired) electrons. The van der Waals surface area contributed by atoms with Crippen molar-refractivity contribution in [2.24, 2.45) is 5.73 Å². The molecule has 0 aromatic heterocycles. The first-order chi connectivity index (χ1) is 11.2. The standard InChI is InChI=1S/C18H19N2O2P/c19-11-12-20-23(21)13-17(15-7-3-1-4-8-15)22-18(14-23)16-9-5-2-6-10-16/h1-10,13-14H,11-12,19H2,(H,20,21). The summed E-state index contributed by atoms with van der Waals surface area (Å²) >= 11 is 0. The molecule has 118 valence electrons. The van der Waals surface area contributed by atoms with Crippen molar-refractivity contribution >= 4 is 18.8 Å². The molecular weight excluding hydrogens is 307 g/mol. The molecule has 5 heteroatoms. The lowest BCUT2D eigenvalue weighted by Gasteiger charge is -2.23. The van der Waals surface area contributed by atoms with E-state index in [1.54, 1.807) is 11.6 Å². The molecule has 0 amide bonds. The Labute approximate surface area is 136 Å². The first-order valence-corrected chi connectivity index (χ1v) is 9.34. The molecule has 2 aromatic carbocycles. The summed E-state index contributed by atoms with van der Waals surface area (Å²) in [6, 6.07) is 19.3. The van der Waals surface area contributed by atoms with Crippen molar-refractivity contribution in [2.45, 2.75) is 0 Å². The van der Waals surface area contributed by atoms with Gasteiger partial charge in [-0.15, -0.1) is 0 Å². The Morgan fingerprint density at radius 2 is 1.35 bits per heavy atom. The molecule has 3 N–H and O–H groups in total. The van der Waals surface area contributed by atoms with Gasteiger partial charge in [0, 0.05) is 35.9 Å². The number of rotatable bonds is 5. The van der Waals surface area contributed by atoms with E-state index in [-0.39, 0.29) is 0 Å². The quantitative estimate of drug-likeness (QED) is 0.820. The Hall–Kier alpha value is -2.13. The lowest BCUT2D eigenvalue weighted by Crippen LogP contribution is -2.19. The lowest BCUT2D eigenvalue weighted by atomic mass is 10.2. The number of nitrogens with one attached hydrogen (secondary N) is 1. The van der Waals surface area contributed by atoms with E-state index >= 15 is 0 Å². The average Bonchev–Trinajstić information content (AvgIpc) is 2.61. The summed E-state index contributed by atoms with van der Waals surface area (Å²) < 4.78 is 19.2. The predicted molar refractivity (Wildman–Crippen MR) is 94.6 cm³/mol. The molecule has 0 spiro atoms. The van der Waals surface area contributed by atoms with Crippen molar-refractivity contribution in [1.29, 1.82) is 0 Å². The van der Waals surface area contributed by atoms with Gasteiger partial charge in [-0.1, -0.05) is 60.7 Å². The maximum Gasteiger partial charge on any atom is 0.198 e. The van der Waals surface area contributed by atoms with Crippen LogP contribution in [-0.4, -0.2) is 13.1 Å². The van der Waals surface area contributed by atoms with Gasteiger partial charge in [-0.3, -0.25) is 9.65 Å². The minimum absolute atomic E-state index is 0.424. The zero-order valence-corrected chi connectivity index (χ0v) is 13.6. The number of hydrogen-bond donors (Lipinski definition) is 2. The van der Waals surface area contributed by atoms with Crippen LogP contribution in [0.5, 0.6) is 0 Å². The Morgan fingerprint density at radius 3 is 1.78 bits per heavy atom. The monoisotopic (exact) mass is 326 g/mol. The molecular formula is C18H19N2O2P. The Morgan fingerprint density at radius 1 is 0.870 bits per heavy atom. The summed E-state index contributed by atoms with van der Waals surface area (Å²) in [5, 5.41) is 3.04. The summed E-state index contributed by atoms with van der Waals surface area (Å²) in [7, 11) is -2.85. The van der Waals surface area contributed by atoms with Gasteiger partial charge in [-0.05, 0) is 0 Å². The van der Waals surface area contributed by atoms with Gasteiger partial charge in [0.15, 0.2) is 7.29 Å². The molecule has 0 atom stereocenters. The highest BCUT2D eigenvalue weighted by atomic mass is 31.2. The van der Waals surface area contributed by atoms with Crippen LogP contribution < -0.4 is 10.8 Å². The van der Waals surface area contributed by atoms with Gasteiger partial charge in [-0.25, -0.2) is 0 Å². The van der Waals surface area contributed by atoms with Gasteiger partial charge in [-0.2, -0.15) is 0 Å². The maximum atomic E-state index is 13.2. The topological polar surface area (TPSA) is 64.3 Å². The second kappa shape index (κ2) is 6.97. The average molecular weight is 326 g/mol. The predicted octanol–water partition coefficient (Wildman–Crippen LogP) is 3.84. The van der Waals surface area contributed by atoms with Crippen molar-refractivity contribution in [1.82, 2.24) is 5.09 Å². The second-order valence-electron chi connectivity index (χ2n) is 5.23. The Kier molecular flexibility index (Phi) is 4.77. The summed E-state index contributed by atoms with van der Waals surface area (Å²) in [5.74, 6) is 4.54. The van der Waals surface area contributed by atoms with Crippen LogP contribution in [0.25, 0.3) is 11.5 Å². The second-order valence-corrected chi connectivity index (χ2v) is 7.48.